The summed E-state index contributed by atoms with van der Waals surface area (Å²) in [6.07, 6.45) is 1.65. The number of guanidine groups is 1. The highest BCUT2D eigenvalue weighted by Crippen LogP contribution is 2.24. The minimum absolute atomic E-state index is 0.0449. The normalized spacial score (nSPS) is 11.3. The van der Waals surface area contributed by atoms with E-state index in [0.29, 0.717) is 19.6 Å². The molecule has 0 aliphatic rings. The van der Waals surface area contributed by atoms with Crippen molar-refractivity contribution in [2.75, 3.05) is 13.1 Å². The minimum atomic E-state index is 0.0449. The zero-order valence-electron chi connectivity index (χ0n) is 19.3. The summed E-state index contributed by atoms with van der Waals surface area (Å²) in [6.45, 7) is 8.38. The minimum Gasteiger partial charge on any atom is -0.370 e. The van der Waals surface area contributed by atoms with Gasteiger partial charge in [-0.15, -0.1) is 0 Å². The van der Waals surface area contributed by atoms with Crippen LogP contribution in [0.25, 0.3) is 10.8 Å². The third-order valence-corrected chi connectivity index (χ3v) is 5.63. The topological polar surface area (TPSA) is 84.7 Å². The van der Waals surface area contributed by atoms with Crippen LogP contribution in [0.5, 0.6) is 0 Å². The van der Waals surface area contributed by atoms with Crippen molar-refractivity contribution in [2.45, 2.75) is 45.6 Å². The van der Waals surface area contributed by atoms with Crippen molar-refractivity contribution in [3.8, 4) is 0 Å². The predicted octanol–water partition coefficient (Wildman–Crippen LogP) is 4.83. The molecule has 0 saturated carbocycles. The quantitative estimate of drug-likeness (QED) is 0.305. The Labute approximate surface area is 191 Å². The van der Waals surface area contributed by atoms with Gasteiger partial charge in [0.2, 0.25) is 0 Å². The second-order valence-corrected chi connectivity index (χ2v) is 9.21. The van der Waals surface area contributed by atoms with Gasteiger partial charge in [0.15, 0.2) is 5.96 Å². The van der Waals surface area contributed by atoms with Crippen molar-refractivity contribution in [1.82, 2.24) is 4.90 Å². The molecule has 0 fully saturated rings. The first-order valence-corrected chi connectivity index (χ1v) is 11.2. The molecule has 0 atom stereocenters. The first-order chi connectivity index (χ1) is 15.3. The summed E-state index contributed by atoms with van der Waals surface area (Å²) >= 11 is 0. The molecule has 0 unspecified atom stereocenters. The predicted molar refractivity (Wildman–Crippen MR) is 134 cm³/mol. The second kappa shape index (κ2) is 10.3. The standard InChI is InChI=1S/C27H34N4O/c1-27(2,3)22-15-13-20(14-16-22)19-31(18-7-6-17-30-26(28)29)25(32)24-12-8-10-21-9-4-5-11-23(21)24/h4-5,8-16H,6-7,17-19H2,1-3H3,(H4,28,29,30). The van der Waals surface area contributed by atoms with Gasteiger partial charge < -0.3 is 16.4 Å². The van der Waals surface area contributed by atoms with Crippen LogP contribution in [0.15, 0.2) is 71.7 Å². The number of carbonyl (C=O) groups is 1. The van der Waals surface area contributed by atoms with E-state index in [1.165, 1.54) is 5.56 Å². The molecular weight excluding hydrogens is 396 g/mol. The lowest BCUT2D eigenvalue weighted by Crippen LogP contribution is -2.32. The Morgan fingerprint density at radius 1 is 0.906 bits per heavy atom. The Kier molecular flexibility index (Phi) is 7.52. The smallest absolute Gasteiger partial charge is 0.254 e. The molecule has 0 aromatic heterocycles. The van der Waals surface area contributed by atoms with Crippen LogP contribution in [-0.2, 0) is 12.0 Å². The van der Waals surface area contributed by atoms with E-state index >= 15 is 0 Å². The Balaban J connectivity index is 1.82. The van der Waals surface area contributed by atoms with Gasteiger partial charge >= 0.3 is 0 Å². The number of hydrogen-bond donors (Lipinski definition) is 2. The van der Waals surface area contributed by atoms with E-state index in [2.05, 4.69) is 50.0 Å². The number of hydrogen-bond acceptors (Lipinski definition) is 2. The fourth-order valence-corrected chi connectivity index (χ4v) is 3.79. The van der Waals surface area contributed by atoms with Crippen molar-refractivity contribution >= 4 is 22.6 Å². The number of fused-ring (bicyclic) bond motifs is 1. The molecule has 5 nitrogen and oxygen atoms in total. The third-order valence-electron chi connectivity index (χ3n) is 5.63. The zero-order chi connectivity index (χ0) is 23.1. The van der Waals surface area contributed by atoms with E-state index in [9.17, 15) is 4.79 Å². The Morgan fingerprint density at radius 3 is 2.28 bits per heavy atom. The number of amides is 1. The van der Waals surface area contributed by atoms with E-state index < -0.39 is 0 Å². The summed E-state index contributed by atoms with van der Waals surface area (Å²) in [4.78, 5) is 19.6. The van der Waals surface area contributed by atoms with Crippen LogP contribution in [0.2, 0.25) is 0 Å². The van der Waals surface area contributed by atoms with Gasteiger partial charge in [0.05, 0.1) is 0 Å². The van der Waals surface area contributed by atoms with Gasteiger partial charge in [0.25, 0.3) is 5.91 Å². The average Bonchev–Trinajstić information content (AvgIpc) is 2.76. The van der Waals surface area contributed by atoms with Crippen LogP contribution in [0, 0.1) is 0 Å². The average molecular weight is 431 g/mol. The first-order valence-electron chi connectivity index (χ1n) is 11.2. The van der Waals surface area contributed by atoms with Crippen LogP contribution in [0.4, 0.5) is 0 Å². The SMILES string of the molecule is CC(C)(C)c1ccc(CN(CCCCN=C(N)N)C(=O)c2cccc3ccccc23)cc1. The van der Waals surface area contributed by atoms with Crippen LogP contribution in [0.3, 0.4) is 0 Å². The Bertz CT molecular complexity index is 1070. The highest BCUT2D eigenvalue weighted by Gasteiger charge is 2.19. The maximum absolute atomic E-state index is 13.6. The molecule has 168 valence electrons. The first kappa shape index (κ1) is 23.3. The highest BCUT2D eigenvalue weighted by atomic mass is 16.2. The molecule has 32 heavy (non-hydrogen) atoms. The lowest BCUT2D eigenvalue weighted by atomic mass is 9.87. The zero-order valence-corrected chi connectivity index (χ0v) is 19.3. The monoisotopic (exact) mass is 430 g/mol. The lowest BCUT2D eigenvalue weighted by Gasteiger charge is -2.25. The van der Waals surface area contributed by atoms with E-state index in [4.69, 9.17) is 11.5 Å². The molecule has 3 aromatic rings. The third kappa shape index (κ3) is 6.10. The number of carbonyl (C=O) groups excluding carboxylic acids is 1. The van der Waals surface area contributed by atoms with Gasteiger partial charge in [0, 0.05) is 25.2 Å². The maximum Gasteiger partial charge on any atom is 0.254 e. The maximum atomic E-state index is 13.6. The van der Waals surface area contributed by atoms with Crippen molar-refractivity contribution in [3.05, 3.63) is 83.4 Å². The lowest BCUT2D eigenvalue weighted by molar-refractivity contribution is 0.0742. The number of benzene rings is 3. The van der Waals surface area contributed by atoms with Gasteiger partial charge in [-0.3, -0.25) is 9.79 Å². The van der Waals surface area contributed by atoms with E-state index in [1.807, 2.05) is 47.4 Å². The molecule has 3 rings (SSSR count). The van der Waals surface area contributed by atoms with Crippen molar-refractivity contribution in [3.63, 3.8) is 0 Å². The van der Waals surface area contributed by atoms with Gasteiger partial charge in [-0.1, -0.05) is 81.4 Å². The fraction of sp³-hybridized carbons (Fsp3) is 0.333. The number of rotatable bonds is 8. The van der Waals surface area contributed by atoms with Gasteiger partial charge in [-0.05, 0) is 46.2 Å². The molecule has 4 N–H and O–H groups in total. The van der Waals surface area contributed by atoms with E-state index in [1.54, 1.807) is 0 Å². The molecule has 0 aliphatic carbocycles. The van der Waals surface area contributed by atoms with Crippen LogP contribution in [-0.4, -0.2) is 29.9 Å². The van der Waals surface area contributed by atoms with E-state index in [-0.39, 0.29) is 17.3 Å². The summed E-state index contributed by atoms with van der Waals surface area (Å²) in [7, 11) is 0. The molecule has 0 spiro atoms. The van der Waals surface area contributed by atoms with Crippen LogP contribution < -0.4 is 11.5 Å². The molecule has 5 heteroatoms. The van der Waals surface area contributed by atoms with Crippen LogP contribution >= 0.6 is 0 Å². The molecule has 1 amide bonds. The van der Waals surface area contributed by atoms with Crippen molar-refractivity contribution < 1.29 is 4.79 Å². The molecule has 3 aromatic carbocycles. The molecular formula is C27H34N4O. The molecule has 0 radical (unpaired) electrons. The Morgan fingerprint density at radius 2 is 1.59 bits per heavy atom. The largest absolute Gasteiger partial charge is 0.370 e. The Hall–Kier alpha value is -3.34. The number of nitrogens with two attached hydrogens (primary N) is 2. The molecule has 0 bridgehead atoms. The van der Waals surface area contributed by atoms with Crippen molar-refractivity contribution in [1.29, 1.82) is 0 Å². The molecule has 0 heterocycles. The van der Waals surface area contributed by atoms with Crippen molar-refractivity contribution in [2.24, 2.45) is 16.5 Å². The number of nitrogens with zero attached hydrogens (tertiary/aromatic N) is 2. The molecule has 0 aliphatic heterocycles. The second-order valence-electron chi connectivity index (χ2n) is 9.21. The summed E-state index contributed by atoms with van der Waals surface area (Å²) in [6, 6.07) is 22.5. The van der Waals surface area contributed by atoms with Gasteiger partial charge in [-0.25, -0.2) is 0 Å². The summed E-state index contributed by atoms with van der Waals surface area (Å²) in [5.74, 6) is 0.149. The summed E-state index contributed by atoms with van der Waals surface area (Å²) in [5.41, 5.74) is 14.1. The van der Waals surface area contributed by atoms with Gasteiger partial charge in [0.1, 0.15) is 0 Å². The van der Waals surface area contributed by atoms with E-state index in [0.717, 1.165) is 34.7 Å². The molecule has 0 saturated heterocycles. The summed E-state index contributed by atoms with van der Waals surface area (Å²) in [5, 5.41) is 2.05. The highest BCUT2D eigenvalue weighted by molar-refractivity contribution is 6.07. The fourth-order valence-electron chi connectivity index (χ4n) is 3.79. The number of unbranched alkanes of at least 4 members (excludes halogenated alkanes) is 1. The van der Waals surface area contributed by atoms with Crippen LogP contribution in [0.1, 0.15) is 55.1 Å². The van der Waals surface area contributed by atoms with Gasteiger partial charge in [-0.2, -0.15) is 0 Å². The summed E-state index contributed by atoms with van der Waals surface area (Å²) < 4.78 is 0. The number of aliphatic imine (C=N–C) groups is 1.